The van der Waals surface area contributed by atoms with E-state index in [0.717, 1.165) is 17.4 Å². The molecule has 3 heterocycles. The number of nitrogens with zero attached hydrogens (tertiary/aromatic N) is 3. The topological polar surface area (TPSA) is 133 Å². The number of rotatable bonds is 11. The number of anilines is 1. The molecule has 3 aromatic rings. The largest absolute Gasteiger partial charge is 0.387 e. The summed E-state index contributed by atoms with van der Waals surface area (Å²) in [5, 5.41) is 22.0. The number of pyridine rings is 2. The van der Waals surface area contributed by atoms with Crippen molar-refractivity contribution in [2.24, 2.45) is 0 Å². The molecule has 11 heteroatoms. The van der Waals surface area contributed by atoms with Crippen LogP contribution in [0.2, 0.25) is 0 Å². The van der Waals surface area contributed by atoms with E-state index in [4.69, 9.17) is 0 Å². The second-order valence-corrected chi connectivity index (χ2v) is 9.77. The Kier molecular flexibility index (Phi) is 9.04. The number of amides is 3. The molecule has 5 N–H and O–H groups in total. The zero-order chi connectivity index (χ0) is 27.2. The van der Waals surface area contributed by atoms with Gasteiger partial charge in [0.25, 0.3) is 5.91 Å². The summed E-state index contributed by atoms with van der Waals surface area (Å²) in [6.45, 7) is 9.22. The van der Waals surface area contributed by atoms with Gasteiger partial charge in [0.05, 0.1) is 23.4 Å². The van der Waals surface area contributed by atoms with Crippen LogP contribution in [-0.2, 0) is 6.54 Å². The molecule has 0 unspecified atom stereocenters. The van der Waals surface area contributed by atoms with Crippen molar-refractivity contribution >= 4 is 28.7 Å². The summed E-state index contributed by atoms with van der Waals surface area (Å²) in [5.74, 6) is 0.0524. The molecule has 0 saturated carbocycles. The van der Waals surface area contributed by atoms with Crippen molar-refractivity contribution in [3.05, 3.63) is 47.9 Å². The Morgan fingerprint density at radius 1 is 1.14 bits per heavy atom. The first kappa shape index (κ1) is 27.9. The van der Waals surface area contributed by atoms with Crippen LogP contribution in [0.15, 0.2) is 36.8 Å². The van der Waals surface area contributed by atoms with Gasteiger partial charge in [0, 0.05) is 49.2 Å². The van der Waals surface area contributed by atoms with Crippen molar-refractivity contribution in [3.63, 3.8) is 0 Å². The van der Waals surface area contributed by atoms with Crippen LogP contribution >= 0.6 is 0 Å². The lowest BCUT2D eigenvalue weighted by atomic mass is 10.0. The van der Waals surface area contributed by atoms with Crippen LogP contribution in [0.1, 0.15) is 57.0 Å². The Balaban J connectivity index is 1.82. The van der Waals surface area contributed by atoms with Gasteiger partial charge in [-0.05, 0) is 51.8 Å². The first-order valence-corrected chi connectivity index (χ1v) is 12.4. The molecule has 37 heavy (non-hydrogen) atoms. The smallest absolute Gasteiger partial charge is 0.315 e. The van der Waals surface area contributed by atoms with Crippen LogP contribution in [0.25, 0.3) is 16.9 Å². The van der Waals surface area contributed by atoms with Gasteiger partial charge in [0.15, 0.2) is 0 Å². The molecule has 0 aliphatic heterocycles. The van der Waals surface area contributed by atoms with E-state index in [9.17, 15) is 19.1 Å². The summed E-state index contributed by atoms with van der Waals surface area (Å²) >= 11 is 0. The number of hydrogen-bond donors (Lipinski definition) is 5. The first-order chi connectivity index (χ1) is 17.5. The highest BCUT2D eigenvalue weighted by Crippen LogP contribution is 2.24. The highest BCUT2D eigenvalue weighted by Gasteiger charge is 2.27. The standard InChI is InChI=1S/C26H36FN7O3/c1-6-8-28-25(36)32-13-17-10-18-7-9-34(23(18)30-12-17)22-11-20(33-16(2)3)19(14-29-22)24(35)31-15-21(27)26(4,5)37/h7,9-12,14,16,21,37H,6,8,13,15H2,1-5H3,(H,29,33)(H,31,35)(H2,28,32,36)/t21-/m1/s1. The highest BCUT2D eigenvalue weighted by atomic mass is 19.1. The van der Waals surface area contributed by atoms with Gasteiger partial charge in [-0.3, -0.25) is 9.36 Å². The van der Waals surface area contributed by atoms with Crippen LogP contribution in [0.4, 0.5) is 14.9 Å². The van der Waals surface area contributed by atoms with Crippen molar-refractivity contribution < 1.29 is 19.1 Å². The van der Waals surface area contributed by atoms with Crippen molar-refractivity contribution in [1.82, 2.24) is 30.5 Å². The molecular weight excluding hydrogens is 477 g/mol. The van der Waals surface area contributed by atoms with Crippen molar-refractivity contribution in [2.75, 3.05) is 18.4 Å². The molecule has 0 aromatic carbocycles. The lowest BCUT2D eigenvalue weighted by Crippen LogP contribution is -2.42. The van der Waals surface area contributed by atoms with Gasteiger partial charge in [-0.15, -0.1) is 0 Å². The third-order valence-electron chi connectivity index (χ3n) is 5.61. The number of fused-ring (bicyclic) bond motifs is 1. The normalized spacial score (nSPS) is 12.4. The molecule has 0 spiro atoms. The van der Waals surface area contributed by atoms with Crippen molar-refractivity contribution in [1.29, 1.82) is 0 Å². The van der Waals surface area contributed by atoms with E-state index in [1.807, 2.05) is 39.1 Å². The number of aliphatic hydroxyl groups is 1. The highest BCUT2D eigenvalue weighted by molar-refractivity contribution is 5.99. The fraction of sp³-hybridized carbons (Fsp3) is 0.462. The molecule has 0 fully saturated rings. The number of urea groups is 1. The van der Waals surface area contributed by atoms with E-state index < -0.39 is 17.7 Å². The quantitative estimate of drug-likeness (QED) is 0.267. The third-order valence-corrected chi connectivity index (χ3v) is 5.61. The maximum Gasteiger partial charge on any atom is 0.315 e. The molecule has 1 atom stereocenters. The Bertz CT molecular complexity index is 1240. The summed E-state index contributed by atoms with van der Waals surface area (Å²) in [6.07, 6.45) is 4.22. The minimum absolute atomic E-state index is 0.0243. The minimum atomic E-state index is -1.62. The molecule has 3 rings (SSSR count). The monoisotopic (exact) mass is 513 g/mol. The van der Waals surface area contributed by atoms with Gasteiger partial charge in [0.2, 0.25) is 0 Å². The maximum atomic E-state index is 14.1. The fourth-order valence-corrected chi connectivity index (χ4v) is 3.55. The first-order valence-electron chi connectivity index (χ1n) is 12.4. The van der Waals surface area contributed by atoms with E-state index in [1.54, 1.807) is 16.8 Å². The van der Waals surface area contributed by atoms with E-state index in [-0.39, 0.29) is 24.2 Å². The number of halogens is 1. The number of carbonyl (C=O) groups excluding carboxylic acids is 2. The number of hydrogen-bond acceptors (Lipinski definition) is 6. The van der Waals surface area contributed by atoms with Crippen LogP contribution in [0.5, 0.6) is 0 Å². The molecule has 3 aromatic heterocycles. The summed E-state index contributed by atoms with van der Waals surface area (Å²) < 4.78 is 15.9. The van der Waals surface area contributed by atoms with E-state index in [2.05, 4.69) is 31.2 Å². The molecule has 0 aliphatic carbocycles. The van der Waals surface area contributed by atoms with Gasteiger partial charge < -0.3 is 26.4 Å². The summed E-state index contributed by atoms with van der Waals surface area (Å²) in [7, 11) is 0. The van der Waals surface area contributed by atoms with E-state index >= 15 is 0 Å². The molecule has 200 valence electrons. The van der Waals surface area contributed by atoms with Gasteiger partial charge in [0.1, 0.15) is 17.6 Å². The molecule has 0 radical (unpaired) electrons. The van der Waals surface area contributed by atoms with Crippen molar-refractivity contribution in [3.8, 4) is 5.82 Å². The lowest BCUT2D eigenvalue weighted by Gasteiger charge is -2.23. The fourth-order valence-electron chi connectivity index (χ4n) is 3.55. The molecule has 0 aliphatic rings. The number of carbonyl (C=O) groups is 2. The van der Waals surface area contributed by atoms with Crippen molar-refractivity contribution in [2.45, 2.75) is 65.4 Å². The Labute approximate surface area is 216 Å². The maximum absolute atomic E-state index is 14.1. The van der Waals surface area contributed by atoms with Crippen LogP contribution in [0.3, 0.4) is 0 Å². The Morgan fingerprint density at radius 3 is 2.57 bits per heavy atom. The second kappa shape index (κ2) is 12.0. The Morgan fingerprint density at radius 2 is 1.89 bits per heavy atom. The predicted octanol–water partition coefficient (Wildman–Crippen LogP) is 3.29. The van der Waals surface area contributed by atoms with Gasteiger partial charge in [-0.1, -0.05) is 6.92 Å². The molecular formula is C26H36FN7O3. The minimum Gasteiger partial charge on any atom is -0.387 e. The molecule has 0 bridgehead atoms. The number of nitrogens with one attached hydrogen (secondary N) is 4. The average Bonchev–Trinajstić information content (AvgIpc) is 3.26. The van der Waals surface area contributed by atoms with Crippen LogP contribution < -0.4 is 21.3 Å². The lowest BCUT2D eigenvalue weighted by molar-refractivity contribution is -0.00177. The predicted molar refractivity (Wildman–Crippen MR) is 142 cm³/mol. The van der Waals surface area contributed by atoms with Crippen LogP contribution in [-0.4, -0.2) is 62.5 Å². The number of alkyl halides is 1. The summed E-state index contributed by atoms with van der Waals surface area (Å²) in [6, 6.07) is 5.39. The SMILES string of the molecule is CCCNC(=O)NCc1cnc2c(ccn2-c2cc(NC(C)C)c(C(=O)NC[C@@H](F)C(C)(C)O)cn2)c1. The summed E-state index contributed by atoms with van der Waals surface area (Å²) in [5.41, 5.74) is 0.770. The summed E-state index contributed by atoms with van der Waals surface area (Å²) in [4.78, 5) is 33.6. The van der Waals surface area contributed by atoms with Gasteiger partial charge in [-0.25, -0.2) is 19.2 Å². The van der Waals surface area contributed by atoms with E-state index in [0.29, 0.717) is 30.2 Å². The molecule has 0 saturated heterocycles. The van der Waals surface area contributed by atoms with Crippen LogP contribution in [0, 0.1) is 0 Å². The van der Waals surface area contributed by atoms with E-state index in [1.165, 1.54) is 20.0 Å². The Hall–Kier alpha value is -3.73. The molecule has 10 nitrogen and oxygen atoms in total. The zero-order valence-electron chi connectivity index (χ0n) is 21.9. The molecule has 3 amide bonds. The van der Waals surface area contributed by atoms with Gasteiger partial charge in [-0.2, -0.15) is 0 Å². The van der Waals surface area contributed by atoms with Gasteiger partial charge >= 0.3 is 6.03 Å². The average molecular weight is 514 g/mol. The second-order valence-electron chi connectivity index (χ2n) is 9.77. The third kappa shape index (κ3) is 7.39. The number of aromatic nitrogens is 3. The zero-order valence-corrected chi connectivity index (χ0v) is 21.9.